The number of rotatable bonds is 5. The van der Waals surface area contributed by atoms with Gasteiger partial charge in [0, 0.05) is 25.1 Å². The van der Waals surface area contributed by atoms with Crippen LogP contribution in [0.25, 0.3) is 11.6 Å². The van der Waals surface area contributed by atoms with Crippen LogP contribution in [0.2, 0.25) is 0 Å². The monoisotopic (exact) mass is 300 g/mol. The summed E-state index contributed by atoms with van der Waals surface area (Å²) in [6.45, 7) is 0.527. The first-order chi connectivity index (χ1) is 10.8. The Morgan fingerprint density at radius 2 is 2.09 bits per heavy atom. The first-order valence-corrected chi connectivity index (χ1v) is 7.84. The fourth-order valence-corrected chi connectivity index (χ4v) is 2.75. The minimum absolute atomic E-state index is 0.157. The van der Waals surface area contributed by atoms with Gasteiger partial charge in [0.2, 0.25) is 11.8 Å². The zero-order valence-corrected chi connectivity index (χ0v) is 12.5. The van der Waals surface area contributed by atoms with Gasteiger partial charge in [-0.1, -0.05) is 25.3 Å². The number of hydrogen-bond acceptors (Lipinski definition) is 5. The third kappa shape index (κ3) is 3.69. The van der Waals surface area contributed by atoms with Crippen molar-refractivity contribution in [2.45, 2.75) is 38.5 Å². The van der Waals surface area contributed by atoms with Crippen molar-refractivity contribution in [3.63, 3.8) is 0 Å². The highest BCUT2D eigenvalue weighted by Gasteiger charge is 2.20. The summed E-state index contributed by atoms with van der Waals surface area (Å²) in [4.78, 5) is 16.2. The van der Waals surface area contributed by atoms with Gasteiger partial charge in [-0.25, -0.2) is 0 Å². The Morgan fingerprint density at radius 1 is 1.23 bits per heavy atom. The Kier molecular flexibility index (Phi) is 4.78. The second kappa shape index (κ2) is 7.15. The van der Waals surface area contributed by atoms with Crippen LogP contribution in [0.3, 0.4) is 0 Å². The lowest BCUT2D eigenvalue weighted by Crippen LogP contribution is -2.33. The molecule has 0 atom stereocenters. The molecule has 1 aliphatic carbocycles. The fraction of sp³-hybridized carbons (Fsp3) is 0.500. The van der Waals surface area contributed by atoms with Gasteiger partial charge in [-0.3, -0.25) is 9.78 Å². The molecule has 0 saturated heterocycles. The van der Waals surface area contributed by atoms with Crippen LogP contribution in [-0.4, -0.2) is 27.6 Å². The topological polar surface area (TPSA) is 80.9 Å². The van der Waals surface area contributed by atoms with Crippen LogP contribution < -0.4 is 5.32 Å². The minimum Gasteiger partial charge on any atom is -0.419 e. The van der Waals surface area contributed by atoms with Crippen LogP contribution in [-0.2, 0) is 11.2 Å². The van der Waals surface area contributed by atoms with Crippen molar-refractivity contribution < 1.29 is 9.21 Å². The average molecular weight is 300 g/mol. The van der Waals surface area contributed by atoms with Crippen molar-refractivity contribution in [2.75, 3.05) is 6.54 Å². The molecule has 1 N–H and O–H groups in total. The second-order valence-electron chi connectivity index (χ2n) is 5.59. The number of aromatic nitrogens is 3. The zero-order valence-electron chi connectivity index (χ0n) is 12.5. The lowest BCUT2D eigenvalue weighted by Gasteiger charge is -2.20. The van der Waals surface area contributed by atoms with Crippen molar-refractivity contribution in [3.8, 4) is 11.6 Å². The molecule has 22 heavy (non-hydrogen) atoms. The Bertz CT molecular complexity index is 606. The molecule has 2 aromatic rings. The van der Waals surface area contributed by atoms with Crippen LogP contribution in [0.5, 0.6) is 0 Å². The molecule has 6 nitrogen and oxygen atoms in total. The van der Waals surface area contributed by atoms with E-state index >= 15 is 0 Å². The predicted octanol–water partition coefficient (Wildman–Crippen LogP) is 2.37. The van der Waals surface area contributed by atoms with E-state index in [4.69, 9.17) is 4.42 Å². The van der Waals surface area contributed by atoms with E-state index in [0.717, 1.165) is 25.7 Å². The molecule has 1 saturated carbocycles. The summed E-state index contributed by atoms with van der Waals surface area (Å²) in [7, 11) is 0. The molecule has 1 amide bonds. The maximum absolute atomic E-state index is 12.0. The van der Waals surface area contributed by atoms with Gasteiger partial charge in [0.05, 0.1) is 0 Å². The van der Waals surface area contributed by atoms with Gasteiger partial charge in [-0.05, 0) is 25.0 Å². The molecule has 0 bridgehead atoms. The number of carbonyl (C=O) groups excluding carboxylic acids is 1. The maximum Gasteiger partial charge on any atom is 0.266 e. The average Bonchev–Trinajstić information content (AvgIpc) is 3.05. The standard InChI is InChI=1S/C16H20N4O2/c21-15(12-6-2-1-3-7-12)18-11-9-14-19-20-16(22-14)13-8-4-5-10-17-13/h4-5,8,10,12H,1-3,6-7,9,11H2,(H,18,21). The van der Waals surface area contributed by atoms with Gasteiger partial charge in [0.15, 0.2) is 0 Å². The Labute approximate surface area is 129 Å². The molecule has 0 radical (unpaired) electrons. The molecule has 0 spiro atoms. The summed E-state index contributed by atoms with van der Waals surface area (Å²) in [6.07, 6.45) is 7.82. The first-order valence-electron chi connectivity index (χ1n) is 7.84. The summed E-state index contributed by atoms with van der Waals surface area (Å²) in [5.74, 6) is 1.27. The Morgan fingerprint density at radius 3 is 2.86 bits per heavy atom. The summed E-state index contributed by atoms with van der Waals surface area (Å²) in [5, 5.41) is 10.9. The molecule has 0 aliphatic heterocycles. The molecule has 2 aromatic heterocycles. The van der Waals surface area contributed by atoms with Gasteiger partial charge in [-0.2, -0.15) is 0 Å². The smallest absolute Gasteiger partial charge is 0.266 e. The normalized spacial score (nSPS) is 15.6. The number of amides is 1. The van der Waals surface area contributed by atoms with Crippen molar-refractivity contribution in [1.82, 2.24) is 20.5 Å². The van der Waals surface area contributed by atoms with E-state index in [0.29, 0.717) is 30.4 Å². The lowest BCUT2D eigenvalue weighted by molar-refractivity contribution is -0.125. The molecule has 1 aliphatic rings. The molecule has 3 rings (SSSR count). The van der Waals surface area contributed by atoms with Gasteiger partial charge in [-0.15, -0.1) is 10.2 Å². The largest absolute Gasteiger partial charge is 0.419 e. The third-order valence-corrected chi connectivity index (χ3v) is 3.96. The number of hydrogen-bond donors (Lipinski definition) is 1. The van der Waals surface area contributed by atoms with E-state index in [-0.39, 0.29) is 11.8 Å². The van der Waals surface area contributed by atoms with Crippen molar-refractivity contribution in [1.29, 1.82) is 0 Å². The number of carbonyl (C=O) groups is 1. The van der Waals surface area contributed by atoms with Gasteiger partial charge >= 0.3 is 0 Å². The molecular weight excluding hydrogens is 280 g/mol. The van der Waals surface area contributed by atoms with Crippen LogP contribution in [0.1, 0.15) is 38.0 Å². The Hall–Kier alpha value is -2.24. The minimum atomic E-state index is 0.157. The van der Waals surface area contributed by atoms with Crippen molar-refractivity contribution >= 4 is 5.91 Å². The fourth-order valence-electron chi connectivity index (χ4n) is 2.75. The van der Waals surface area contributed by atoms with E-state index in [1.807, 2.05) is 18.2 Å². The molecule has 0 unspecified atom stereocenters. The maximum atomic E-state index is 12.0. The number of pyridine rings is 1. The van der Waals surface area contributed by atoms with E-state index in [1.165, 1.54) is 6.42 Å². The van der Waals surface area contributed by atoms with E-state index in [9.17, 15) is 4.79 Å². The molecule has 2 heterocycles. The van der Waals surface area contributed by atoms with E-state index in [2.05, 4.69) is 20.5 Å². The number of nitrogens with one attached hydrogen (secondary N) is 1. The van der Waals surface area contributed by atoms with Crippen molar-refractivity contribution in [3.05, 3.63) is 30.3 Å². The van der Waals surface area contributed by atoms with Gasteiger partial charge < -0.3 is 9.73 Å². The molecule has 1 fully saturated rings. The molecule has 116 valence electrons. The first kappa shape index (κ1) is 14.7. The van der Waals surface area contributed by atoms with E-state index < -0.39 is 0 Å². The second-order valence-corrected chi connectivity index (χ2v) is 5.59. The molecule has 0 aromatic carbocycles. The summed E-state index contributed by atoms with van der Waals surface area (Å²) in [6, 6.07) is 5.53. The van der Waals surface area contributed by atoms with Gasteiger partial charge in [0.1, 0.15) is 5.69 Å². The van der Waals surface area contributed by atoms with Crippen LogP contribution >= 0.6 is 0 Å². The highest BCUT2D eigenvalue weighted by Crippen LogP contribution is 2.23. The summed E-state index contributed by atoms with van der Waals surface area (Å²) in [5.41, 5.74) is 0.660. The van der Waals surface area contributed by atoms with Crippen LogP contribution in [0.4, 0.5) is 0 Å². The Balaban J connectivity index is 1.48. The highest BCUT2D eigenvalue weighted by molar-refractivity contribution is 5.78. The third-order valence-electron chi connectivity index (χ3n) is 3.96. The molecular formula is C16H20N4O2. The highest BCUT2D eigenvalue weighted by atomic mass is 16.4. The SMILES string of the molecule is O=C(NCCc1nnc(-c2ccccn2)o1)C1CCCCC1. The molecule has 6 heteroatoms. The zero-order chi connectivity index (χ0) is 15.2. The number of nitrogens with zero attached hydrogens (tertiary/aromatic N) is 3. The summed E-state index contributed by atoms with van der Waals surface area (Å²) >= 11 is 0. The van der Waals surface area contributed by atoms with Crippen LogP contribution in [0.15, 0.2) is 28.8 Å². The van der Waals surface area contributed by atoms with Crippen LogP contribution in [0, 0.1) is 5.92 Å². The predicted molar refractivity (Wildman–Crippen MR) is 80.8 cm³/mol. The summed E-state index contributed by atoms with van der Waals surface area (Å²) < 4.78 is 5.56. The quantitative estimate of drug-likeness (QED) is 0.916. The van der Waals surface area contributed by atoms with Gasteiger partial charge in [0.25, 0.3) is 5.89 Å². The lowest BCUT2D eigenvalue weighted by atomic mass is 9.89. The van der Waals surface area contributed by atoms with E-state index in [1.54, 1.807) is 6.20 Å². The van der Waals surface area contributed by atoms with Crippen molar-refractivity contribution in [2.24, 2.45) is 5.92 Å².